The number of nitrogens with zero attached hydrogens (tertiary/aromatic N) is 1. The second-order valence-electron chi connectivity index (χ2n) is 3.84. The second kappa shape index (κ2) is 4.22. The van der Waals surface area contributed by atoms with Crippen molar-refractivity contribution in [3.05, 3.63) is 59.4 Å². The van der Waals surface area contributed by atoms with Crippen molar-refractivity contribution in [1.29, 1.82) is 0 Å². The van der Waals surface area contributed by atoms with E-state index in [4.69, 9.17) is 0 Å². The summed E-state index contributed by atoms with van der Waals surface area (Å²) in [5.41, 5.74) is 7.31. The Kier molecular flexibility index (Phi) is 2.77. The van der Waals surface area contributed by atoms with E-state index in [0.29, 0.717) is 0 Å². The van der Waals surface area contributed by atoms with E-state index in [1.54, 1.807) is 0 Å². The molecule has 0 unspecified atom stereocenters. The first-order valence-electron chi connectivity index (χ1n) is 5.19. The molecule has 2 aromatic rings. The highest BCUT2D eigenvalue weighted by Gasteiger charge is 1.95. The Labute approximate surface area is 90.5 Å². The van der Waals surface area contributed by atoms with Crippen LogP contribution in [0.3, 0.4) is 0 Å². The minimum absolute atomic E-state index is 0.857. The molecule has 2 heteroatoms. The van der Waals surface area contributed by atoms with Gasteiger partial charge in [0.1, 0.15) is 0 Å². The Morgan fingerprint density at radius 1 is 1.07 bits per heavy atom. The lowest BCUT2D eigenvalue weighted by Crippen LogP contribution is -2.11. The van der Waals surface area contributed by atoms with E-state index in [-0.39, 0.29) is 0 Å². The zero-order valence-electron chi connectivity index (χ0n) is 9.20. The van der Waals surface area contributed by atoms with Gasteiger partial charge in [0.25, 0.3) is 0 Å². The summed E-state index contributed by atoms with van der Waals surface area (Å²) in [4.78, 5) is 0. The number of aromatic nitrogens is 1. The monoisotopic (exact) mass is 200 g/mol. The number of aryl methyl sites for hydroxylation is 2. The number of hydrogen-bond donors (Lipinski definition) is 1. The van der Waals surface area contributed by atoms with Gasteiger partial charge in [0, 0.05) is 12.4 Å². The summed E-state index contributed by atoms with van der Waals surface area (Å²) in [5, 5.41) is 0. The topological polar surface area (TPSA) is 17.0 Å². The quantitative estimate of drug-likeness (QED) is 0.806. The van der Waals surface area contributed by atoms with Crippen LogP contribution in [0.15, 0.2) is 42.7 Å². The van der Waals surface area contributed by atoms with Crippen molar-refractivity contribution >= 4 is 0 Å². The molecule has 78 valence electrons. The first kappa shape index (κ1) is 9.84. The van der Waals surface area contributed by atoms with E-state index < -0.39 is 0 Å². The fourth-order valence-electron chi connectivity index (χ4n) is 1.54. The van der Waals surface area contributed by atoms with Gasteiger partial charge in [-0.2, -0.15) is 0 Å². The maximum Gasteiger partial charge on any atom is 0.0564 e. The Balaban J connectivity index is 2.02. The number of hydrogen-bond acceptors (Lipinski definition) is 1. The van der Waals surface area contributed by atoms with E-state index in [9.17, 15) is 0 Å². The molecule has 0 radical (unpaired) electrons. The molecule has 1 aromatic carbocycles. The lowest BCUT2D eigenvalue weighted by atomic mass is 10.1. The molecule has 0 atom stereocenters. The van der Waals surface area contributed by atoms with E-state index in [1.807, 2.05) is 29.2 Å². The zero-order chi connectivity index (χ0) is 10.7. The third kappa shape index (κ3) is 2.40. The van der Waals surface area contributed by atoms with Gasteiger partial charge < -0.3 is 5.43 Å². The molecular weight excluding hydrogens is 184 g/mol. The maximum atomic E-state index is 3.30. The molecule has 0 fully saturated rings. The van der Waals surface area contributed by atoms with Crippen LogP contribution in [0.2, 0.25) is 0 Å². The van der Waals surface area contributed by atoms with Crippen LogP contribution < -0.4 is 5.43 Å². The lowest BCUT2D eigenvalue weighted by Gasteiger charge is -2.09. The van der Waals surface area contributed by atoms with Crippen molar-refractivity contribution < 1.29 is 0 Å². The third-order valence-electron chi connectivity index (χ3n) is 2.64. The highest BCUT2D eigenvalue weighted by molar-refractivity contribution is 5.30. The van der Waals surface area contributed by atoms with Crippen molar-refractivity contribution in [2.24, 2.45) is 0 Å². The van der Waals surface area contributed by atoms with Gasteiger partial charge in [-0.1, -0.05) is 18.2 Å². The molecule has 2 rings (SSSR count). The molecule has 1 aromatic heterocycles. The van der Waals surface area contributed by atoms with Crippen LogP contribution in [0.25, 0.3) is 0 Å². The molecule has 0 amide bonds. The molecule has 0 aliphatic heterocycles. The molecule has 0 saturated heterocycles. The predicted molar refractivity (Wildman–Crippen MR) is 63.4 cm³/mol. The average molecular weight is 200 g/mol. The summed E-state index contributed by atoms with van der Waals surface area (Å²) >= 11 is 0. The van der Waals surface area contributed by atoms with Gasteiger partial charge >= 0.3 is 0 Å². The van der Waals surface area contributed by atoms with Crippen molar-refractivity contribution in [1.82, 2.24) is 4.68 Å². The minimum Gasteiger partial charge on any atom is -0.322 e. The lowest BCUT2D eigenvalue weighted by molar-refractivity contribution is 0.846. The maximum absolute atomic E-state index is 3.30. The molecule has 0 spiro atoms. The van der Waals surface area contributed by atoms with Crippen molar-refractivity contribution in [3.63, 3.8) is 0 Å². The van der Waals surface area contributed by atoms with Crippen molar-refractivity contribution in [3.8, 4) is 0 Å². The van der Waals surface area contributed by atoms with E-state index in [2.05, 4.69) is 37.5 Å². The van der Waals surface area contributed by atoms with Crippen LogP contribution in [-0.2, 0) is 6.54 Å². The first-order chi connectivity index (χ1) is 7.25. The molecule has 15 heavy (non-hydrogen) atoms. The van der Waals surface area contributed by atoms with E-state index >= 15 is 0 Å². The van der Waals surface area contributed by atoms with Gasteiger partial charge in [0.15, 0.2) is 0 Å². The van der Waals surface area contributed by atoms with Gasteiger partial charge in [-0.3, -0.25) is 4.68 Å². The number of nitrogens with one attached hydrogen (secondary N) is 1. The summed E-state index contributed by atoms with van der Waals surface area (Å²) in [6.07, 6.45) is 4.00. The molecule has 2 nitrogen and oxygen atoms in total. The van der Waals surface area contributed by atoms with Crippen LogP contribution >= 0.6 is 0 Å². The summed E-state index contributed by atoms with van der Waals surface area (Å²) in [6, 6.07) is 10.6. The van der Waals surface area contributed by atoms with Crippen LogP contribution in [0, 0.1) is 13.8 Å². The predicted octanol–water partition coefficient (Wildman–Crippen LogP) is 2.85. The van der Waals surface area contributed by atoms with Gasteiger partial charge in [0.05, 0.1) is 6.54 Å². The highest BCUT2D eigenvalue weighted by atomic mass is 15.4. The molecular formula is C13H16N2. The Bertz CT molecular complexity index is 430. The van der Waals surface area contributed by atoms with Crippen LogP contribution in [0.4, 0.5) is 0 Å². The van der Waals surface area contributed by atoms with Crippen LogP contribution in [0.5, 0.6) is 0 Å². The van der Waals surface area contributed by atoms with E-state index in [1.165, 1.54) is 16.7 Å². The molecule has 1 N–H and O–H groups in total. The Morgan fingerprint density at radius 3 is 2.47 bits per heavy atom. The SMILES string of the molecule is Cc1ccc(CNn2cccc2)cc1C. The molecule has 0 bridgehead atoms. The smallest absolute Gasteiger partial charge is 0.0564 e. The van der Waals surface area contributed by atoms with Crippen molar-refractivity contribution in [2.45, 2.75) is 20.4 Å². The zero-order valence-corrected chi connectivity index (χ0v) is 9.20. The fraction of sp³-hybridized carbons (Fsp3) is 0.231. The van der Waals surface area contributed by atoms with Gasteiger partial charge in [-0.15, -0.1) is 0 Å². The van der Waals surface area contributed by atoms with E-state index in [0.717, 1.165) is 6.54 Å². The number of rotatable bonds is 3. The number of benzene rings is 1. The Morgan fingerprint density at radius 2 is 1.80 bits per heavy atom. The minimum atomic E-state index is 0.857. The van der Waals surface area contributed by atoms with Crippen LogP contribution in [0.1, 0.15) is 16.7 Å². The standard InChI is InChI=1S/C13H16N2/c1-11-5-6-13(9-12(11)2)10-14-15-7-3-4-8-15/h3-9,14H,10H2,1-2H3. The van der Waals surface area contributed by atoms with Crippen LogP contribution in [-0.4, -0.2) is 4.68 Å². The molecule has 0 aliphatic carbocycles. The molecule has 0 saturated carbocycles. The Hall–Kier alpha value is -1.70. The summed E-state index contributed by atoms with van der Waals surface area (Å²) in [6.45, 7) is 5.14. The second-order valence-corrected chi connectivity index (χ2v) is 3.84. The normalized spacial score (nSPS) is 10.3. The fourth-order valence-corrected chi connectivity index (χ4v) is 1.54. The third-order valence-corrected chi connectivity index (χ3v) is 2.64. The largest absolute Gasteiger partial charge is 0.322 e. The molecule has 1 heterocycles. The first-order valence-corrected chi connectivity index (χ1v) is 5.19. The summed E-state index contributed by atoms with van der Waals surface area (Å²) < 4.78 is 1.97. The average Bonchev–Trinajstić information content (AvgIpc) is 2.73. The summed E-state index contributed by atoms with van der Waals surface area (Å²) in [7, 11) is 0. The van der Waals surface area contributed by atoms with Gasteiger partial charge in [0.2, 0.25) is 0 Å². The summed E-state index contributed by atoms with van der Waals surface area (Å²) in [5.74, 6) is 0. The highest BCUT2D eigenvalue weighted by Crippen LogP contribution is 2.09. The van der Waals surface area contributed by atoms with Gasteiger partial charge in [-0.05, 0) is 42.7 Å². The van der Waals surface area contributed by atoms with Gasteiger partial charge in [-0.25, -0.2) is 0 Å². The molecule has 0 aliphatic rings. The van der Waals surface area contributed by atoms with Crippen molar-refractivity contribution in [2.75, 3.05) is 5.43 Å².